The third-order valence-electron chi connectivity index (χ3n) is 5.97. The number of likely N-dealkylation sites (tertiary alicyclic amines) is 1. The Labute approximate surface area is 207 Å². The largest absolute Gasteiger partial charge is 0.384 e. The molecule has 174 valence electrons. The van der Waals surface area contributed by atoms with Crippen molar-refractivity contribution in [2.45, 2.75) is 25.2 Å². The van der Waals surface area contributed by atoms with Crippen molar-refractivity contribution < 1.29 is 9.59 Å². The third-order valence-corrected chi connectivity index (χ3v) is 6.62. The first kappa shape index (κ1) is 23.6. The molecule has 1 saturated heterocycles. The fourth-order valence-corrected chi connectivity index (χ4v) is 4.67. The average Bonchev–Trinajstić information content (AvgIpc) is 3.38. The van der Waals surface area contributed by atoms with Crippen LogP contribution in [-0.4, -0.2) is 40.6 Å². The van der Waals surface area contributed by atoms with Gasteiger partial charge in [-0.2, -0.15) is 0 Å². The highest BCUT2D eigenvalue weighted by molar-refractivity contribution is 9.10. The fraction of sp³-hybridized carbons (Fsp3) is 0.231. The van der Waals surface area contributed by atoms with Crippen molar-refractivity contribution in [3.63, 3.8) is 0 Å². The summed E-state index contributed by atoms with van der Waals surface area (Å²) in [5, 5.41) is 10.7. The maximum Gasteiger partial charge on any atom is 0.254 e. The molecule has 34 heavy (non-hydrogen) atoms. The molecular formula is C26H26BrN5O2. The van der Waals surface area contributed by atoms with E-state index in [9.17, 15) is 9.59 Å². The summed E-state index contributed by atoms with van der Waals surface area (Å²) < 4.78 is 0.645. The van der Waals surface area contributed by atoms with Gasteiger partial charge in [0.25, 0.3) is 5.91 Å². The SMILES string of the molecule is N=C(N)c1cccc(C(Cc2ccncc2)C(=O)Nc2ccc(C(=O)N3CCCC3)c(Br)c2)c1. The minimum Gasteiger partial charge on any atom is -0.384 e. The summed E-state index contributed by atoms with van der Waals surface area (Å²) in [6.45, 7) is 1.56. The minimum absolute atomic E-state index is 0.00105. The van der Waals surface area contributed by atoms with Crippen LogP contribution in [0.4, 0.5) is 5.69 Å². The first-order chi connectivity index (χ1) is 16.4. The second-order valence-corrected chi connectivity index (χ2v) is 9.19. The topological polar surface area (TPSA) is 112 Å². The summed E-state index contributed by atoms with van der Waals surface area (Å²) in [6.07, 6.45) is 5.91. The van der Waals surface area contributed by atoms with Crippen LogP contribution in [0.5, 0.6) is 0 Å². The van der Waals surface area contributed by atoms with E-state index in [4.69, 9.17) is 11.1 Å². The van der Waals surface area contributed by atoms with Gasteiger partial charge < -0.3 is 16.0 Å². The Morgan fingerprint density at radius 1 is 1.09 bits per heavy atom. The quantitative estimate of drug-likeness (QED) is 0.318. The van der Waals surface area contributed by atoms with Crippen molar-refractivity contribution >= 4 is 39.3 Å². The second-order valence-electron chi connectivity index (χ2n) is 8.33. The van der Waals surface area contributed by atoms with Crippen LogP contribution in [0.15, 0.2) is 71.5 Å². The monoisotopic (exact) mass is 519 g/mol. The smallest absolute Gasteiger partial charge is 0.254 e. The molecule has 1 aliphatic heterocycles. The first-order valence-corrected chi connectivity index (χ1v) is 11.9. The van der Waals surface area contributed by atoms with Crippen molar-refractivity contribution in [1.29, 1.82) is 5.41 Å². The molecule has 1 unspecified atom stereocenters. The van der Waals surface area contributed by atoms with Gasteiger partial charge in [-0.15, -0.1) is 0 Å². The van der Waals surface area contributed by atoms with Gasteiger partial charge in [0, 0.05) is 41.2 Å². The van der Waals surface area contributed by atoms with Gasteiger partial charge in [-0.3, -0.25) is 20.0 Å². The normalized spacial score (nSPS) is 14.0. The number of nitrogens with zero attached hydrogens (tertiary/aromatic N) is 2. The highest BCUT2D eigenvalue weighted by Gasteiger charge is 2.24. The molecule has 1 atom stereocenters. The van der Waals surface area contributed by atoms with Crippen LogP contribution in [0, 0.1) is 5.41 Å². The number of nitrogens with two attached hydrogens (primary N) is 1. The van der Waals surface area contributed by atoms with Gasteiger partial charge >= 0.3 is 0 Å². The van der Waals surface area contributed by atoms with Crippen LogP contribution in [0.1, 0.15) is 45.8 Å². The highest BCUT2D eigenvalue weighted by atomic mass is 79.9. The molecule has 1 aromatic heterocycles. The van der Waals surface area contributed by atoms with Gasteiger partial charge in [0.1, 0.15) is 5.84 Å². The number of aromatic nitrogens is 1. The molecule has 4 N–H and O–H groups in total. The Kier molecular flexibility index (Phi) is 7.37. The van der Waals surface area contributed by atoms with Crippen LogP contribution >= 0.6 is 15.9 Å². The predicted molar refractivity (Wildman–Crippen MR) is 136 cm³/mol. The number of benzene rings is 2. The second kappa shape index (κ2) is 10.6. The molecular weight excluding hydrogens is 494 g/mol. The zero-order valence-electron chi connectivity index (χ0n) is 18.6. The van der Waals surface area contributed by atoms with E-state index in [0.717, 1.165) is 37.1 Å². The first-order valence-electron chi connectivity index (χ1n) is 11.2. The molecule has 4 rings (SSSR count). The number of rotatable bonds is 7. The lowest BCUT2D eigenvalue weighted by molar-refractivity contribution is -0.117. The molecule has 2 heterocycles. The van der Waals surface area contributed by atoms with Gasteiger partial charge in [-0.05, 0) is 82.7 Å². The standard InChI is InChI=1S/C26H26BrN5O2/c27-23-16-20(6-7-21(23)26(34)32-12-1-2-13-32)31-25(33)22(14-17-8-10-30-11-9-17)18-4-3-5-19(15-18)24(28)29/h3-11,15-16,22H,1-2,12-14H2,(H3,28,29)(H,31,33). The number of carbonyl (C=O) groups excluding carboxylic acids is 2. The van der Waals surface area contributed by atoms with Crippen molar-refractivity contribution in [2.24, 2.45) is 5.73 Å². The molecule has 0 spiro atoms. The van der Waals surface area contributed by atoms with Crippen LogP contribution < -0.4 is 11.1 Å². The van der Waals surface area contributed by atoms with E-state index in [1.807, 2.05) is 23.1 Å². The molecule has 1 aliphatic rings. The number of nitrogens with one attached hydrogen (secondary N) is 2. The summed E-state index contributed by atoms with van der Waals surface area (Å²) in [6, 6.07) is 16.2. The predicted octanol–water partition coefficient (Wildman–Crippen LogP) is 4.33. The van der Waals surface area contributed by atoms with E-state index in [2.05, 4.69) is 26.2 Å². The maximum atomic E-state index is 13.4. The Bertz CT molecular complexity index is 1210. The number of pyridine rings is 1. The van der Waals surface area contributed by atoms with Gasteiger partial charge in [-0.1, -0.05) is 18.2 Å². The number of amidine groups is 1. The van der Waals surface area contributed by atoms with E-state index in [0.29, 0.717) is 27.7 Å². The molecule has 7 nitrogen and oxygen atoms in total. The molecule has 0 bridgehead atoms. The number of anilines is 1. The summed E-state index contributed by atoms with van der Waals surface area (Å²) in [7, 11) is 0. The molecule has 1 fully saturated rings. The lowest BCUT2D eigenvalue weighted by Gasteiger charge is -2.19. The van der Waals surface area contributed by atoms with Crippen molar-refractivity contribution in [2.75, 3.05) is 18.4 Å². The van der Waals surface area contributed by atoms with E-state index in [1.165, 1.54) is 0 Å². The van der Waals surface area contributed by atoms with Gasteiger partial charge in [-0.25, -0.2) is 0 Å². The Morgan fingerprint density at radius 3 is 2.50 bits per heavy atom. The van der Waals surface area contributed by atoms with Crippen molar-refractivity contribution in [3.05, 3.63) is 93.7 Å². The Morgan fingerprint density at radius 2 is 1.82 bits per heavy atom. The summed E-state index contributed by atoms with van der Waals surface area (Å²) in [5.41, 5.74) is 9.16. The van der Waals surface area contributed by atoms with Crippen molar-refractivity contribution in [1.82, 2.24) is 9.88 Å². The van der Waals surface area contributed by atoms with Gasteiger partial charge in [0.05, 0.1) is 11.5 Å². The molecule has 3 aromatic rings. The Hall–Kier alpha value is -3.52. The number of hydrogen-bond donors (Lipinski definition) is 3. The number of nitrogen functional groups attached to an aromatic ring is 1. The summed E-state index contributed by atoms with van der Waals surface area (Å²) in [4.78, 5) is 32.1. The number of halogens is 1. The third kappa shape index (κ3) is 5.51. The fourth-order valence-electron chi connectivity index (χ4n) is 4.13. The van der Waals surface area contributed by atoms with Crippen LogP contribution in [0.3, 0.4) is 0 Å². The van der Waals surface area contributed by atoms with Gasteiger partial charge in [0.2, 0.25) is 5.91 Å². The van der Waals surface area contributed by atoms with E-state index >= 15 is 0 Å². The van der Waals surface area contributed by atoms with E-state index in [-0.39, 0.29) is 17.6 Å². The lowest BCUT2D eigenvalue weighted by atomic mass is 9.90. The van der Waals surface area contributed by atoms with Crippen LogP contribution in [0.25, 0.3) is 0 Å². The van der Waals surface area contributed by atoms with Crippen LogP contribution in [0.2, 0.25) is 0 Å². The summed E-state index contributed by atoms with van der Waals surface area (Å²) in [5.74, 6) is -0.750. The lowest BCUT2D eigenvalue weighted by Crippen LogP contribution is -2.28. The van der Waals surface area contributed by atoms with Gasteiger partial charge in [0.15, 0.2) is 0 Å². The molecule has 2 amide bonds. The molecule has 0 radical (unpaired) electrons. The maximum absolute atomic E-state index is 13.4. The average molecular weight is 520 g/mol. The van der Waals surface area contributed by atoms with Crippen LogP contribution in [-0.2, 0) is 11.2 Å². The Balaban J connectivity index is 1.58. The number of hydrogen-bond acceptors (Lipinski definition) is 4. The molecule has 2 aromatic carbocycles. The zero-order valence-corrected chi connectivity index (χ0v) is 20.2. The van der Waals surface area contributed by atoms with E-state index < -0.39 is 5.92 Å². The van der Waals surface area contributed by atoms with E-state index in [1.54, 1.807) is 48.8 Å². The molecule has 8 heteroatoms. The van der Waals surface area contributed by atoms with Crippen molar-refractivity contribution in [3.8, 4) is 0 Å². The number of amides is 2. The minimum atomic E-state index is -0.508. The number of carbonyl (C=O) groups is 2. The summed E-state index contributed by atoms with van der Waals surface area (Å²) >= 11 is 3.50. The highest BCUT2D eigenvalue weighted by Crippen LogP contribution is 2.27. The molecule has 0 aliphatic carbocycles. The zero-order chi connectivity index (χ0) is 24.1. The molecule has 0 saturated carbocycles.